The zero-order valence-electron chi connectivity index (χ0n) is 13.8. The van der Waals surface area contributed by atoms with Gasteiger partial charge in [0, 0.05) is 0 Å². The van der Waals surface area contributed by atoms with Crippen LogP contribution < -0.4 is 9.64 Å². The average molecular weight is 461 g/mol. The molecular weight excluding hydrogens is 449 g/mol. The third kappa shape index (κ3) is 4.20. The van der Waals surface area contributed by atoms with Gasteiger partial charge in [-0.05, 0) is 48.9 Å². The van der Waals surface area contributed by atoms with Crippen LogP contribution in [0.15, 0.2) is 35.2 Å². The minimum atomic E-state index is -0.287. The molecule has 1 heterocycles. The number of carbonyl (C=O) groups is 1. The van der Waals surface area contributed by atoms with Gasteiger partial charge in [-0.2, -0.15) is 0 Å². The lowest BCUT2D eigenvalue weighted by Crippen LogP contribution is -2.27. The molecule has 1 N–H and O–H groups in total. The van der Waals surface area contributed by atoms with E-state index in [-0.39, 0.29) is 22.4 Å². The highest BCUT2D eigenvalue weighted by Crippen LogP contribution is 2.40. The number of anilines is 1. The van der Waals surface area contributed by atoms with Gasteiger partial charge in [0.25, 0.3) is 5.91 Å². The van der Waals surface area contributed by atoms with E-state index in [1.165, 1.54) is 4.90 Å². The van der Waals surface area contributed by atoms with Crippen LogP contribution >= 0.6 is 58.8 Å². The van der Waals surface area contributed by atoms with Gasteiger partial charge in [-0.15, -0.1) is 0 Å². The molecule has 0 aliphatic carbocycles. The molecule has 0 saturated carbocycles. The number of nitrogens with zero attached hydrogens (tertiary/aromatic N) is 1. The first-order valence-electron chi connectivity index (χ1n) is 7.70. The van der Waals surface area contributed by atoms with Crippen LogP contribution in [0.25, 0.3) is 6.08 Å². The second-order valence-electron chi connectivity index (χ2n) is 5.40. The Balaban J connectivity index is 1.96. The van der Waals surface area contributed by atoms with E-state index in [4.69, 9.17) is 51.8 Å². The molecule has 4 nitrogen and oxygen atoms in total. The minimum Gasteiger partial charge on any atom is -0.503 e. The maximum atomic E-state index is 12.8. The molecule has 1 fully saturated rings. The molecule has 1 saturated heterocycles. The molecule has 0 aromatic heterocycles. The van der Waals surface area contributed by atoms with Crippen LogP contribution in [-0.2, 0) is 4.79 Å². The van der Waals surface area contributed by atoms with Crippen LogP contribution in [0.5, 0.6) is 11.5 Å². The summed E-state index contributed by atoms with van der Waals surface area (Å²) in [5, 5.41) is 10.8. The minimum absolute atomic E-state index is 0.132. The Morgan fingerprint density at radius 2 is 1.93 bits per heavy atom. The zero-order chi connectivity index (χ0) is 19.7. The van der Waals surface area contributed by atoms with Crippen LogP contribution in [-0.4, -0.2) is 21.9 Å². The first-order chi connectivity index (χ1) is 12.8. The molecule has 0 unspecified atom stereocenters. The molecular formula is C18H12Cl3NO3S2. The summed E-state index contributed by atoms with van der Waals surface area (Å²) in [6.07, 6.45) is 1.64. The molecule has 1 amide bonds. The Labute approximate surface area is 180 Å². The fourth-order valence-electron chi connectivity index (χ4n) is 2.41. The van der Waals surface area contributed by atoms with E-state index >= 15 is 0 Å². The fourth-order valence-corrected chi connectivity index (χ4v) is 4.22. The van der Waals surface area contributed by atoms with Gasteiger partial charge >= 0.3 is 0 Å². The van der Waals surface area contributed by atoms with Gasteiger partial charge in [0.15, 0.2) is 15.8 Å². The standard InChI is InChI=1S/C18H12Cl3NO3S2/c1-2-25-14-6-9(5-13(21)16(14)23)7-15-17(24)22(18(26)27-15)10-3-4-11(19)12(20)8-10/h3-8,23H,2H2,1H3/b15-7+. The van der Waals surface area contributed by atoms with Crippen LogP contribution in [0.4, 0.5) is 5.69 Å². The number of thioether (sulfide) groups is 1. The third-order valence-electron chi connectivity index (χ3n) is 3.60. The van der Waals surface area contributed by atoms with Gasteiger partial charge in [-0.25, -0.2) is 0 Å². The van der Waals surface area contributed by atoms with Crippen molar-refractivity contribution >= 4 is 80.8 Å². The Hall–Kier alpha value is -1.44. The van der Waals surface area contributed by atoms with Gasteiger partial charge in [0.05, 0.1) is 32.3 Å². The molecule has 2 aromatic carbocycles. The molecule has 0 spiro atoms. The van der Waals surface area contributed by atoms with Crippen molar-refractivity contribution in [3.63, 3.8) is 0 Å². The number of thiocarbonyl (C=S) groups is 1. The van der Waals surface area contributed by atoms with Crippen molar-refractivity contribution in [2.75, 3.05) is 11.5 Å². The lowest BCUT2D eigenvalue weighted by Gasteiger charge is -2.15. The number of ether oxygens (including phenoxy) is 1. The summed E-state index contributed by atoms with van der Waals surface area (Å²) in [6, 6.07) is 8.02. The van der Waals surface area contributed by atoms with E-state index in [9.17, 15) is 9.90 Å². The Morgan fingerprint density at radius 3 is 2.59 bits per heavy atom. The number of phenolic OH excluding ortho intramolecular Hbond substituents is 1. The van der Waals surface area contributed by atoms with Crippen LogP contribution in [0.3, 0.4) is 0 Å². The normalized spacial score (nSPS) is 15.7. The summed E-state index contributed by atoms with van der Waals surface area (Å²) in [6.45, 7) is 2.16. The number of amides is 1. The fraction of sp³-hybridized carbons (Fsp3) is 0.111. The third-order valence-corrected chi connectivity index (χ3v) is 5.93. The molecule has 2 aromatic rings. The second kappa shape index (κ2) is 8.29. The predicted molar refractivity (Wildman–Crippen MR) is 116 cm³/mol. The molecule has 0 bridgehead atoms. The molecule has 0 radical (unpaired) electrons. The SMILES string of the molecule is CCOc1cc(/C=C2/SC(=S)N(c3ccc(Cl)c(Cl)c3)C2=O)cc(Cl)c1O. The highest BCUT2D eigenvalue weighted by atomic mass is 35.5. The van der Waals surface area contributed by atoms with E-state index in [2.05, 4.69) is 0 Å². The predicted octanol–water partition coefficient (Wildman–Crippen LogP) is 6.16. The van der Waals surface area contributed by atoms with Crippen LogP contribution in [0.2, 0.25) is 15.1 Å². The van der Waals surface area contributed by atoms with Crippen molar-refractivity contribution < 1.29 is 14.6 Å². The molecule has 3 rings (SSSR count). The first kappa shape index (κ1) is 20.3. The summed E-state index contributed by atoms with van der Waals surface area (Å²) < 4.78 is 5.74. The molecule has 27 heavy (non-hydrogen) atoms. The summed E-state index contributed by atoms with van der Waals surface area (Å²) in [5.41, 5.74) is 1.14. The van der Waals surface area contributed by atoms with Gasteiger partial charge in [0.2, 0.25) is 0 Å². The van der Waals surface area contributed by atoms with E-state index in [0.29, 0.717) is 37.1 Å². The Bertz CT molecular complexity index is 979. The smallest absolute Gasteiger partial charge is 0.270 e. The van der Waals surface area contributed by atoms with Crippen molar-refractivity contribution in [1.82, 2.24) is 0 Å². The summed E-state index contributed by atoms with van der Waals surface area (Å²) in [4.78, 5) is 14.6. The van der Waals surface area contributed by atoms with E-state index < -0.39 is 0 Å². The van der Waals surface area contributed by atoms with Crippen LogP contribution in [0, 0.1) is 0 Å². The van der Waals surface area contributed by atoms with Gasteiger partial charge < -0.3 is 9.84 Å². The number of aromatic hydroxyl groups is 1. The Kier molecular flexibility index (Phi) is 6.23. The van der Waals surface area contributed by atoms with Gasteiger partial charge in [-0.1, -0.05) is 58.8 Å². The topological polar surface area (TPSA) is 49.8 Å². The zero-order valence-corrected chi connectivity index (χ0v) is 17.7. The lowest BCUT2D eigenvalue weighted by molar-refractivity contribution is -0.113. The van der Waals surface area contributed by atoms with Gasteiger partial charge in [0.1, 0.15) is 0 Å². The number of hydrogen-bond acceptors (Lipinski definition) is 5. The molecule has 1 aliphatic rings. The van der Waals surface area contributed by atoms with Crippen molar-refractivity contribution in [2.24, 2.45) is 0 Å². The summed E-state index contributed by atoms with van der Waals surface area (Å²) in [5.74, 6) is -0.180. The number of benzene rings is 2. The second-order valence-corrected chi connectivity index (χ2v) is 8.30. The average Bonchev–Trinajstić information content (AvgIpc) is 2.89. The number of phenols is 1. The monoisotopic (exact) mass is 459 g/mol. The number of halogens is 3. The lowest BCUT2D eigenvalue weighted by atomic mass is 10.1. The molecule has 0 atom stereocenters. The highest BCUT2D eigenvalue weighted by molar-refractivity contribution is 8.27. The summed E-state index contributed by atoms with van der Waals surface area (Å²) in [7, 11) is 0. The quantitative estimate of drug-likeness (QED) is 0.437. The van der Waals surface area contributed by atoms with E-state index in [0.717, 1.165) is 11.8 Å². The van der Waals surface area contributed by atoms with Crippen molar-refractivity contribution in [1.29, 1.82) is 0 Å². The van der Waals surface area contributed by atoms with Crippen LogP contribution in [0.1, 0.15) is 12.5 Å². The molecule has 140 valence electrons. The van der Waals surface area contributed by atoms with Gasteiger partial charge in [-0.3, -0.25) is 9.69 Å². The number of hydrogen-bond donors (Lipinski definition) is 1. The number of rotatable bonds is 4. The first-order valence-corrected chi connectivity index (χ1v) is 10.1. The number of carbonyl (C=O) groups excluding carboxylic acids is 1. The largest absolute Gasteiger partial charge is 0.503 e. The summed E-state index contributed by atoms with van der Waals surface area (Å²) >= 11 is 24.5. The maximum Gasteiger partial charge on any atom is 0.270 e. The Morgan fingerprint density at radius 1 is 1.19 bits per heavy atom. The van der Waals surface area contributed by atoms with E-state index in [1.54, 1.807) is 43.3 Å². The van der Waals surface area contributed by atoms with E-state index in [1.807, 2.05) is 0 Å². The van der Waals surface area contributed by atoms with Crippen molar-refractivity contribution in [3.05, 3.63) is 55.9 Å². The molecule has 9 heteroatoms. The molecule has 1 aliphatic heterocycles. The van der Waals surface area contributed by atoms with Crippen molar-refractivity contribution in [2.45, 2.75) is 6.92 Å². The highest BCUT2D eigenvalue weighted by Gasteiger charge is 2.33. The van der Waals surface area contributed by atoms with Crippen molar-refractivity contribution in [3.8, 4) is 11.5 Å². The maximum absolute atomic E-state index is 12.8.